The molecule has 1 aliphatic heterocycles. The fourth-order valence-electron chi connectivity index (χ4n) is 3.03. The van der Waals surface area contributed by atoms with E-state index in [4.69, 9.17) is 4.74 Å². The van der Waals surface area contributed by atoms with Gasteiger partial charge in [0.05, 0.1) is 8.95 Å². The molecule has 0 saturated heterocycles. The standard InChI is InChI=1S/C20H14Br2N2O3/c1-11(25)24-20(13-9-16(21)18(26)17(22)10-13)27-19(23-24)15-8-4-6-12-5-2-3-7-14(12)15/h2-10,20,26H,1H3. The topological polar surface area (TPSA) is 62.1 Å². The number of fused-ring (bicyclic) bond motifs is 1. The van der Waals surface area contributed by atoms with Gasteiger partial charge in [0.2, 0.25) is 18.0 Å². The van der Waals surface area contributed by atoms with Crippen molar-refractivity contribution in [2.24, 2.45) is 5.10 Å². The number of nitrogens with zero attached hydrogens (tertiary/aromatic N) is 2. The molecule has 0 radical (unpaired) electrons. The maximum absolute atomic E-state index is 12.2. The number of halogens is 2. The summed E-state index contributed by atoms with van der Waals surface area (Å²) in [5.74, 6) is 0.226. The van der Waals surface area contributed by atoms with E-state index >= 15 is 0 Å². The van der Waals surface area contributed by atoms with Gasteiger partial charge < -0.3 is 9.84 Å². The summed E-state index contributed by atoms with van der Waals surface area (Å²) < 4.78 is 7.09. The number of ether oxygens (including phenoxy) is 1. The van der Waals surface area contributed by atoms with Crippen LogP contribution < -0.4 is 0 Å². The maximum Gasteiger partial charge on any atom is 0.243 e. The molecule has 3 aromatic carbocycles. The van der Waals surface area contributed by atoms with Crippen molar-refractivity contribution in [1.29, 1.82) is 0 Å². The Kier molecular flexibility index (Phi) is 4.65. The molecule has 0 bridgehead atoms. The van der Waals surface area contributed by atoms with Gasteiger partial charge in [-0.3, -0.25) is 4.79 Å². The number of benzene rings is 3. The predicted molar refractivity (Wildman–Crippen MR) is 110 cm³/mol. The number of hydrazone groups is 1. The maximum atomic E-state index is 12.2. The monoisotopic (exact) mass is 488 g/mol. The summed E-state index contributed by atoms with van der Waals surface area (Å²) in [6.45, 7) is 1.44. The van der Waals surface area contributed by atoms with Crippen molar-refractivity contribution in [3.05, 3.63) is 74.7 Å². The Morgan fingerprint density at radius 1 is 1.11 bits per heavy atom. The number of phenols is 1. The zero-order valence-electron chi connectivity index (χ0n) is 14.2. The van der Waals surface area contributed by atoms with E-state index < -0.39 is 6.23 Å². The molecule has 0 aromatic heterocycles. The molecule has 0 spiro atoms. The molecule has 136 valence electrons. The zero-order chi connectivity index (χ0) is 19.1. The van der Waals surface area contributed by atoms with Crippen LogP contribution in [0.5, 0.6) is 5.75 Å². The lowest BCUT2D eigenvalue weighted by molar-refractivity contribution is -0.135. The number of phenolic OH excluding ortho intramolecular Hbond substituents is 1. The van der Waals surface area contributed by atoms with Crippen LogP contribution in [-0.2, 0) is 9.53 Å². The second kappa shape index (κ2) is 6.98. The third-order valence-electron chi connectivity index (χ3n) is 4.31. The minimum atomic E-state index is -0.718. The van der Waals surface area contributed by atoms with Gasteiger partial charge in [0.25, 0.3) is 0 Å². The fourth-order valence-corrected chi connectivity index (χ4v) is 4.25. The van der Waals surface area contributed by atoms with Gasteiger partial charge in [0.1, 0.15) is 5.75 Å². The normalized spacial score (nSPS) is 16.3. The van der Waals surface area contributed by atoms with Crippen LogP contribution in [0, 0.1) is 0 Å². The second-order valence-electron chi connectivity index (χ2n) is 6.10. The predicted octanol–water partition coefficient (Wildman–Crippen LogP) is 5.31. The Labute approximate surface area is 172 Å². The molecule has 1 unspecified atom stereocenters. The van der Waals surface area contributed by atoms with Crippen molar-refractivity contribution in [1.82, 2.24) is 5.01 Å². The van der Waals surface area contributed by atoms with Crippen molar-refractivity contribution < 1.29 is 14.6 Å². The van der Waals surface area contributed by atoms with Gasteiger partial charge in [-0.2, -0.15) is 5.01 Å². The Bertz CT molecular complexity index is 1070. The van der Waals surface area contributed by atoms with E-state index in [1.165, 1.54) is 11.9 Å². The number of hydrogen-bond donors (Lipinski definition) is 1. The number of aromatic hydroxyl groups is 1. The summed E-state index contributed by atoms with van der Waals surface area (Å²) in [6, 6.07) is 17.2. The first-order valence-electron chi connectivity index (χ1n) is 8.17. The first-order chi connectivity index (χ1) is 13.0. The van der Waals surface area contributed by atoms with E-state index in [9.17, 15) is 9.90 Å². The third-order valence-corrected chi connectivity index (χ3v) is 5.52. The molecular weight excluding hydrogens is 476 g/mol. The molecule has 0 fully saturated rings. The van der Waals surface area contributed by atoms with Gasteiger partial charge >= 0.3 is 0 Å². The summed E-state index contributed by atoms with van der Waals surface area (Å²) in [7, 11) is 0. The van der Waals surface area contributed by atoms with Gasteiger partial charge in [0.15, 0.2) is 0 Å². The smallest absolute Gasteiger partial charge is 0.243 e. The molecule has 1 N–H and O–H groups in total. The van der Waals surface area contributed by atoms with Crippen LogP contribution in [0.3, 0.4) is 0 Å². The Morgan fingerprint density at radius 2 is 1.78 bits per heavy atom. The van der Waals surface area contributed by atoms with Gasteiger partial charge in [-0.15, -0.1) is 5.10 Å². The van der Waals surface area contributed by atoms with Crippen LogP contribution in [0.25, 0.3) is 10.8 Å². The lowest BCUT2D eigenvalue weighted by Crippen LogP contribution is -2.25. The van der Waals surface area contributed by atoms with Crippen LogP contribution in [0.4, 0.5) is 0 Å². The molecule has 0 aliphatic carbocycles. The van der Waals surface area contributed by atoms with Gasteiger partial charge in [-0.05, 0) is 60.8 Å². The average Bonchev–Trinajstić information content (AvgIpc) is 3.11. The summed E-state index contributed by atoms with van der Waals surface area (Å²) in [5.41, 5.74) is 1.50. The van der Waals surface area contributed by atoms with Crippen LogP contribution in [0.2, 0.25) is 0 Å². The first-order valence-corrected chi connectivity index (χ1v) is 9.75. The molecule has 1 heterocycles. The van der Waals surface area contributed by atoms with E-state index in [0.29, 0.717) is 20.4 Å². The van der Waals surface area contributed by atoms with Crippen LogP contribution >= 0.6 is 31.9 Å². The largest absolute Gasteiger partial charge is 0.506 e. The molecule has 4 rings (SSSR count). The van der Waals surface area contributed by atoms with Crippen molar-refractivity contribution in [2.75, 3.05) is 0 Å². The van der Waals surface area contributed by atoms with Gasteiger partial charge in [-0.25, -0.2) is 0 Å². The highest BCUT2D eigenvalue weighted by atomic mass is 79.9. The van der Waals surface area contributed by atoms with Crippen LogP contribution in [0.1, 0.15) is 24.3 Å². The van der Waals surface area contributed by atoms with Crippen molar-refractivity contribution in [3.63, 3.8) is 0 Å². The quantitative estimate of drug-likeness (QED) is 0.530. The number of carbonyl (C=O) groups is 1. The molecule has 3 aromatic rings. The molecule has 7 heteroatoms. The van der Waals surface area contributed by atoms with Crippen molar-refractivity contribution in [3.8, 4) is 5.75 Å². The Balaban J connectivity index is 1.79. The highest BCUT2D eigenvalue weighted by Crippen LogP contribution is 2.39. The lowest BCUT2D eigenvalue weighted by atomic mass is 10.0. The minimum Gasteiger partial charge on any atom is -0.506 e. The fraction of sp³-hybridized carbons (Fsp3) is 0.100. The number of carbonyl (C=O) groups excluding carboxylic acids is 1. The van der Waals surface area contributed by atoms with E-state index in [1.54, 1.807) is 12.1 Å². The zero-order valence-corrected chi connectivity index (χ0v) is 17.4. The third kappa shape index (κ3) is 3.21. The SMILES string of the molecule is CC(=O)N1N=C(c2cccc3ccccc23)OC1c1cc(Br)c(O)c(Br)c1. The molecule has 27 heavy (non-hydrogen) atoms. The van der Waals surface area contributed by atoms with E-state index in [1.807, 2.05) is 42.5 Å². The molecular formula is C20H14Br2N2O3. The summed E-state index contributed by atoms with van der Waals surface area (Å²) in [5, 5.41) is 17.8. The molecule has 0 saturated carbocycles. The van der Waals surface area contributed by atoms with E-state index in [2.05, 4.69) is 37.0 Å². The highest BCUT2D eigenvalue weighted by molar-refractivity contribution is 9.11. The van der Waals surface area contributed by atoms with E-state index in [-0.39, 0.29) is 11.7 Å². The summed E-state index contributed by atoms with van der Waals surface area (Å²) in [4.78, 5) is 12.2. The van der Waals surface area contributed by atoms with Crippen LogP contribution in [0.15, 0.2) is 68.6 Å². The molecule has 1 amide bonds. The first kappa shape index (κ1) is 18.0. The van der Waals surface area contributed by atoms with Crippen LogP contribution in [-0.4, -0.2) is 21.9 Å². The van der Waals surface area contributed by atoms with Gasteiger partial charge in [0, 0.05) is 18.1 Å². The Morgan fingerprint density at radius 3 is 2.48 bits per heavy atom. The van der Waals surface area contributed by atoms with Crippen molar-refractivity contribution >= 4 is 54.4 Å². The average molecular weight is 490 g/mol. The number of rotatable bonds is 2. The Hall–Kier alpha value is -2.38. The van der Waals surface area contributed by atoms with E-state index in [0.717, 1.165) is 16.3 Å². The molecule has 5 nitrogen and oxygen atoms in total. The molecule has 1 atom stereocenters. The van der Waals surface area contributed by atoms with Gasteiger partial charge in [-0.1, -0.05) is 36.4 Å². The second-order valence-corrected chi connectivity index (χ2v) is 7.81. The highest BCUT2D eigenvalue weighted by Gasteiger charge is 2.34. The number of hydrogen-bond acceptors (Lipinski definition) is 4. The summed E-state index contributed by atoms with van der Waals surface area (Å²) >= 11 is 6.63. The number of amides is 1. The lowest BCUT2D eigenvalue weighted by Gasteiger charge is -2.20. The van der Waals surface area contributed by atoms with Crippen molar-refractivity contribution in [2.45, 2.75) is 13.2 Å². The summed E-state index contributed by atoms with van der Waals surface area (Å²) in [6.07, 6.45) is -0.718. The minimum absolute atomic E-state index is 0.0846. The molecule has 1 aliphatic rings.